The van der Waals surface area contributed by atoms with E-state index in [4.69, 9.17) is 4.74 Å². The van der Waals surface area contributed by atoms with Crippen molar-refractivity contribution in [3.8, 4) is 0 Å². The molecule has 7 nitrogen and oxygen atoms in total. The first-order valence-electron chi connectivity index (χ1n) is 8.26. The largest absolute Gasteiger partial charge is 0.378 e. The molecule has 3 atom stereocenters. The maximum Gasteiger partial charge on any atom is 0.328 e. The smallest absolute Gasteiger partial charge is 0.328 e. The Morgan fingerprint density at radius 1 is 1.29 bits per heavy atom. The zero-order valence-electron chi connectivity index (χ0n) is 13.2. The Labute approximate surface area is 139 Å². The second-order valence-corrected chi connectivity index (χ2v) is 6.45. The van der Waals surface area contributed by atoms with Crippen molar-refractivity contribution in [1.82, 2.24) is 10.6 Å². The van der Waals surface area contributed by atoms with Crippen molar-refractivity contribution in [1.29, 1.82) is 0 Å². The summed E-state index contributed by atoms with van der Waals surface area (Å²) in [5, 5.41) is 5.35. The average Bonchev–Trinajstić information content (AvgIpc) is 2.93. The van der Waals surface area contributed by atoms with E-state index in [0.717, 1.165) is 19.4 Å². The first-order valence-corrected chi connectivity index (χ1v) is 8.26. The fraction of sp³-hybridized carbons (Fsp3) is 0.471. The molecule has 3 fully saturated rings. The Morgan fingerprint density at radius 3 is 2.92 bits per heavy atom. The van der Waals surface area contributed by atoms with Gasteiger partial charge in [-0.25, -0.2) is 4.79 Å². The van der Waals surface area contributed by atoms with Crippen LogP contribution in [0.1, 0.15) is 29.6 Å². The third kappa shape index (κ3) is 2.54. The molecular formula is C17H19N3O4. The number of nitrogens with zero attached hydrogens (tertiary/aromatic N) is 1. The Kier molecular flexibility index (Phi) is 3.72. The molecule has 2 heterocycles. The minimum absolute atomic E-state index is 0.134. The van der Waals surface area contributed by atoms with E-state index in [0.29, 0.717) is 17.2 Å². The van der Waals surface area contributed by atoms with E-state index in [-0.39, 0.29) is 36.9 Å². The molecule has 1 aliphatic carbocycles. The lowest BCUT2D eigenvalue weighted by Crippen LogP contribution is -2.54. The van der Waals surface area contributed by atoms with E-state index in [1.165, 1.54) is 4.90 Å². The average molecular weight is 329 g/mol. The summed E-state index contributed by atoms with van der Waals surface area (Å²) in [4.78, 5) is 37.5. The summed E-state index contributed by atoms with van der Waals surface area (Å²) in [7, 11) is 0. The summed E-state index contributed by atoms with van der Waals surface area (Å²) in [5.74, 6) is -0.0809. The fourth-order valence-corrected chi connectivity index (χ4v) is 3.70. The highest BCUT2D eigenvalue weighted by molar-refractivity contribution is 6.09. The van der Waals surface area contributed by atoms with Crippen molar-refractivity contribution in [2.45, 2.75) is 31.4 Å². The molecule has 1 saturated carbocycles. The van der Waals surface area contributed by atoms with Gasteiger partial charge in [0.25, 0.3) is 5.91 Å². The molecule has 0 unspecified atom stereocenters. The van der Waals surface area contributed by atoms with Crippen molar-refractivity contribution >= 4 is 23.5 Å². The Morgan fingerprint density at radius 2 is 2.12 bits per heavy atom. The van der Waals surface area contributed by atoms with E-state index in [2.05, 4.69) is 10.6 Å². The molecule has 0 aromatic heterocycles. The van der Waals surface area contributed by atoms with Crippen LogP contribution in [0, 0.1) is 5.92 Å². The minimum Gasteiger partial charge on any atom is -0.378 e. The summed E-state index contributed by atoms with van der Waals surface area (Å²) in [6.45, 7) is 1.04. The van der Waals surface area contributed by atoms with Gasteiger partial charge in [0.1, 0.15) is 0 Å². The maximum absolute atomic E-state index is 12.7. The number of ether oxygens (including phenoxy) is 1. The highest BCUT2D eigenvalue weighted by atomic mass is 16.5. The number of imide groups is 1. The lowest BCUT2D eigenvalue weighted by atomic mass is 9.76. The quantitative estimate of drug-likeness (QED) is 0.867. The highest BCUT2D eigenvalue weighted by Crippen LogP contribution is 2.38. The van der Waals surface area contributed by atoms with E-state index in [1.807, 2.05) is 0 Å². The van der Waals surface area contributed by atoms with Crippen LogP contribution in [-0.4, -0.2) is 43.1 Å². The Balaban J connectivity index is 1.52. The van der Waals surface area contributed by atoms with Gasteiger partial charge in [-0.3, -0.25) is 19.8 Å². The van der Waals surface area contributed by atoms with Crippen LogP contribution in [0.25, 0.3) is 0 Å². The molecule has 0 spiro atoms. The number of amides is 4. The zero-order valence-corrected chi connectivity index (χ0v) is 13.2. The van der Waals surface area contributed by atoms with E-state index in [1.54, 1.807) is 24.3 Å². The number of urea groups is 1. The predicted molar refractivity (Wildman–Crippen MR) is 85.7 cm³/mol. The molecule has 1 aromatic rings. The monoisotopic (exact) mass is 329 g/mol. The second-order valence-electron chi connectivity index (χ2n) is 6.45. The number of hydrogen-bond donors (Lipinski definition) is 2. The van der Waals surface area contributed by atoms with Gasteiger partial charge in [0.05, 0.1) is 17.4 Å². The fourth-order valence-electron chi connectivity index (χ4n) is 3.70. The molecule has 0 bridgehead atoms. The number of rotatable bonds is 3. The minimum atomic E-state index is -0.487. The normalized spacial score (nSPS) is 28.8. The van der Waals surface area contributed by atoms with E-state index < -0.39 is 6.03 Å². The van der Waals surface area contributed by atoms with Crippen LogP contribution in [0.15, 0.2) is 24.3 Å². The summed E-state index contributed by atoms with van der Waals surface area (Å²) < 4.78 is 5.57. The van der Waals surface area contributed by atoms with Crippen LogP contribution in [0.4, 0.5) is 10.5 Å². The van der Waals surface area contributed by atoms with Crippen molar-refractivity contribution < 1.29 is 19.1 Å². The third-order valence-electron chi connectivity index (χ3n) is 5.07. The SMILES string of the molecule is O=C1CCN(c2ccccc2C(=O)N[C@H]2C[C@@H]3OCC[C@H]23)C(=O)N1. The van der Waals surface area contributed by atoms with Gasteiger partial charge in [0, 0.05) is 31.5 Å². The molecule has 126 valence electrons. The maximum atomic E-state index is 12.7. The van der Waals surface area contributed by atoms with Crippen molar-refractivity contribution in [3.63, 3.8) is 0 Å². The van der Waals surface area contributed by atoms with Gasteiger partial charge < -0.3 is 10.1 Å². The summed E-state index contributed by atoms with van der Waals surface area (Å²) >= 11 is 0. The van der Waals surface area contributed by atoms with Gasteiger partial charge >= 0.3 is 6.03 Å². The zero-order chi connectivity index (χ0) is 16.7. The number of para-hydroxylation sites is 1. The molecule has 4 amide bonds. The highest BCUT2D eigenvalue weighted by Gasteiger charge is 2.46. The van der Waals surface area contributed by atoms with Gasteiger partial charge in [0.15, 0.2) is 0 Å². The summed E-state index contributed by atoms with van der Waals surface area (Å²) in [6.07, 6.45) is 2.33. The standard InChI is InChI=1S/C17H19N3O4/c21-15-5-7-20(17(23)19-15)13-4-2-1-3-11(13)16(22)18-12-9-14-10(12)6-8-24-14/h1-4,10,12,14H,5-9H2,(H,18,22)(H,19,21,23)/t10-,12+,14+/m1/s1. The van der Waals surface area contributed by atoms with Crippen molar-refractivity contribution in [3.05, 3.63) is 29.8 Å². The van der Waals surface area contributed by atoms with Crippen LogP contribution in [-0.2, 0) is 9.53 Å². The number of hydrogen-bond acceptors (Lipinski definition) is 4. The molecular weight excluding hydrogens is 310 g/mol. The Bertz CT molecular complexity index is 705. The first-order chi connectivity index (χ1) is 11.6. The van der Waals surface area contributed by atoms with Crippen molar-refractivity contribution in [2.24, 2.45) is 5.92 Å². The predicted octanol–water partition coefficient (Wildman–Crippen LogP) is 1.04. The number of fused-ring (bicyclic) bond motifs is 1. The second kappa shape index (κ2) is 5.90. The molecule has 24 heavy (non-hydrogen) atoms. The molecule has 1 aromatic carbocycles. The van der Waals surface area contributed by atoms with Gasteiger partial charge in [-0.1, -0.05) is 12.1 Å². The Hall–Kier alpha value is -2.41. The van der Waals surface area contributed by atoms with E-state index >= 15 is 0 Å². The molecule has 7 heteroatoms. The molecule has 2 N–H and O–H groups in total. The van der Waals surface area contributed by atoms with Gasteiger partial charge in [-0.15, -0.1) is 0 Å². The lowest BCUT2D eigenvalue weighted by molar-refractivity contribution is -0.120. The molecule has 3 aliphatic rings. The summed E-state index contributed by atoms with van der Waals surface area (Å²) in [6, 6.07) is 6.63. The molecule has 4 rings (SSSR count). The van der Waals surface area contributed by atoms with Crippen LogP contribution < -0.4 is 15.5 Å². The van der Waals surface area contributed by atoms with E-state index in [9.17, 15) is 14.4 Å². The number of carbonyl (C=O) groups excluding carboxylic acids is 3. The van der Waals surface area contributed by atoms with Gasteiger partial charge in [-0.05, 0) is 25.0 Å². The number of anilines is 1. The number of carbonyl (C=O) groups is 3. The number of nitrogens with one attached hydrogen (secondary N) is 2. The van der Waals surface area contributed by atoms with Gasteiger partial charge in [0.2, 0.25) is 5.91 Å². The van der Waals surface area contributed by atoms with Crippen LogP contribution in [0.2, 0.25) is 0 Å². The third-order valence-corrected chi connectivity index (χ3v) is 5.07. The lowest BCUT2D eigenvalue weighted by Gasteiger charge is -2.39. The van der Waals surface area contributed by atoms with Crippen LogP contribution >= 0.6 is 0 Å². The summed E-state index contributed by atoms with van der Waals surface area (Å²) in [5.41, 5.74) is 0.975. The van der Waals surface area contributed by atoms with Gasteiger partial charge in [-0.2, -0.15) is 0 Å². The molecule has 0 radical (unpaired) electrons. The number of benzene rings is 1. The van der Waals surface area contributed by atoms with Crippen LogP contribution in [0.3, 0.4) is 0 Å². The van der Waals surface area contributed by atoms with Crippen LogP contribution in [0.5, 0.6) is 0 Å². The molecule has 2 aliphatic heterocycles. The topological polar surface area (TPSA) is 87.7 Å². The molecule has 2 saturated heterocycles. The first kappa shape index (κ1) is 15.1. The van der Waals surface area contributed by atoms with Crippen molar-refractivity contribution in [2.75, 3.05) is 18.1 Å².